The highest BCUT2D eigenvalue weighted by Gasteiger charge is 2.50. The van der Waals surface area contributed by atoms with Crippen molar-refractivity contribution in [2.75, 3.05) is 49.5 Å². The van der Waals surface area contributed by atoms with E-state index in [4.69, 9.17) is 4.74 Å². The summed E-state index contributed by atoms with van der Waals surface area (Å²) in [6, 6.07) is 7.48. The molecule has 2 aromatic rings. The lowest BCUT2D eigenvalue weighted by Gasteiger charge is -2.44. The van der Waals surface area contributed by atoms with Crippen molar-refractivity contribution in [3.8, 4) is 17.0 Å². The molecule has 0 aliphatic carbocycles. The molecule has 6 rings (SSSR count). The zero-order chi connectivity index (χ0) is 24.7. The van der Waals surface area contributed by atoms with Gasteiger partial charge in [-0.3, -0.25) is 4.90 Å². The fraction of sp³-hybridized carbons (Fsp3) is 0.630. The largest absolute Gasteiger partial charge is 0.504 e. The number of nitrogens with one attached hydrogen (secondary N) is 2. The Hall–Kier alpha value is -2.49. The minimum Gasteiger partial charge on any atom is -0.504 e. The molecule has 3 atom stereocenters. The third-order valence-electron chi connectivity index (χ3n) is 8.84. The average Bonchev–Trinajstić information content (AvgIpc) is 3.57. The number of anilines is 2. The fourth-order valence-corrected chi connectivity index (χ4v) is 6.80. The van der Waals surface area contributed by atoms with Gasteiger partial charge in [0.15, 0.2) is 17.4 Å². The summed E-state index contributed by atoms with van der Waals surface area (Å²) in [4.78, 5) is 5.28. The molecular formula is C27H37FN6O2. The normalized spacial score (nSPS) is 28.2. The fourth-order valence-electron chi connectivity index (χ4n) is 6.80. The van der Waals surface area contributed by atoms with Crippen molar-refractivity contribution in [1.82, 2.24) is 20.4 Å². The molecule has 0 bridgehead atoms. The monoisotopic (exact) mass is 496 g/mol. The number of para-hydroxylation sites is 1. The second kappa shape index (κ2) is 9.76. The van der Waals surface area contributed by atoms with Gasteiger partial charge in [-0.25, -0.2) is 4.39 Å². The van der Waals surface area contributed by atoms with E-state index < -0.39 is 5.82 Å². The van der Waals surface area contributed by atoms with Gasteiger partial charge in [-0.05, 0) is 69.8 Å². The quantitative estimate of drug-likeness (QED) is 0.561. The van der Waals surface area contributed by atoms with Gasteiger partial charge >= 0.3 is 0 Å². The number of piperidine rings is 1. The summed E-state index contributed by atoms with van der Waals surface area (Å²) in [6.07, 6.45) is 7.07. The molecule has 4 aliphatic heterocycles. The van der Waals surface area contributed by atoms with Crippen molar-refractivity contribution in [3.63, 3.8) is 0 Å². The van der Waals surface area contributed by atoms with E-state index in [2.05, 4.69) is 37.6 Å². The van der Waals surface area contributed by atoms with Crippen LogP contribution in [-0.4, -0.2) is 83.3 Å². The summed E-state index contributed by atoms with van der Waals surface area (Å²) in [7, 11) is 0. The van der Waals surface area contributed by atoms with Crippen molar-refractivity contribution >= 4 is 11.5 Å². The molecule has 0 amide bonds. The highest BCUT2D eigenvalue weighted by molar-refractivity contribution is 5.77. The zero-order valence-corrected chi connectivity index (χ0v) is 21.0. The van der Waals surface area contributed by atoms with Crippen LogP contribution in [0.3, 0.4) is 0 Å². The molecule has 36 heavy (non-hydrogen) atoms. The molecule has 5 heterocycles. The second-order valence-electron chi connectivity index (χ2n) is 10.8. The first kappa shape index (κ1) is 23.9. The summed E-state index contributed by atoms with van der Waals surface area (Å²) in [6.45, 7) is 8.04. The average molecular weight is 497 g/mol. The van der Waals surface area contributed by atoms with Gasteiger partial charge in [0.2, 0.25) is 0 Å². The highest BCUT2D eigenvalue weighted by atomic mass is 19.1. The second-order valence-corrected chi connectivity index (χ2v) is 10.8. The lowest BCUT2D eigenvalue weighted by molar-refractivity contribution is 0.0299. The Kier molecular flexibility index (Phi) is 6.47. The van der Waals surface area contributed by atoms with Crippen molar-refractivity contribution in [2.24, 2.45) is 0 Å². The van der Waals surface area contributed by atoms with Gasteiger partial charge in [0.25, 0.3) is 0 Å². The summed E-state index contributed by atoms with van der Waals surface area (Å²) in [5.74, 6) is -0.279. The Morgan fingerprint density at radius 2 is 2.08 bits per heavy atom. The van der Waals surface area contributed by atoms with Crippen LogP contribution in [-0.2, 0) is 4.74 Å². The molecule has 0 radical (unpaired) electrons. The number of aromatic hydroxyl groups is 1. The number of benzene rings is 1. The van der Waals surface area contributed by atoms with Crippen LogP contribution >= 0.6 is 0 Å². The summed E-state index contributed by atoms with van der Waals surface area (Å²) in [5.41, 5.74) is 1.81. The van der Waals surface area contributed by atoms with Crippen LogP contribution in [0.4, 0.5) is 15.9 Å². The van der Waals surface area contributed by atoms with Gasteiger partial charge in [0.05, 0.1) is 23.0 Å². The van der Waals surface area contributed by atoms with Gasteiger partial charge in [0.1, 0.15) is 0 Å². The molecule has 0 saturated carbocycles. The summed E-state index contributed by atoms with van der Waals surface area (Å²) in [5, 5.41) is 26.2. The van der Waals surface area contributed by atoms with Crippen LogP contribution in [0.15, 0.2) is 24.3 Å². The Balaban J connectivity index is 1.33. The predicted octanol–water partition coefficient (Wildman–Crippen LogP) is 3.37. The predicted molar refractivity (Wildman–Crippen MR) is 138 cm³/mol. The molecule has 1 aromatic carbocycles. The molecule has 3 fully saturated rings. The van der Waals surface area contributed by atoms with Crippen LogP contribution in [0.2, 0.25) is 0 Å². The molecule has 1 aromatic heterocycles. The van der Waals surface area contributed by atoms with Crippen LogP contribution in [0.5, 0.6) is 5.75 Å². The zero-order valence-electron chi connectivity index (χ0n) is 21.0. The third-order valence-corrected chi connectivity index (χ3v) is 8.84. The lowest BCUT2D eigenvalue weighted by atomic mass is 9.88. The maximum absolute atomic E-state index is 14.1. The Morgan fingerprint density at radius 1 is 1.22 bits per heavy atom. The van der Waals surface area contributed by atoms with Crippen molar-refractivity contribution < 1.29 is 14.2 Å². The molecule has 0 spiro atoms. The number of ether oxygens (including phenoxy) is 1. The molecule has 4 aliphatic rings. The van der Waals surface area contributed by atoms with Crippen molar-refractivity contribution in [2.45, 2.75) is 69.2 Å². The summed E-state index contributed by atoms with van der Waals surface area (Å²) >= 11 is 0. The number of phenols is 1. The maximum Gasteiger partial charge on any atom is 0.172 e. The standard InChI is InChI=1S/C27H37FN6O2/c1-2-27-14-19(33(16-20-5-4-12-36-20)18-8-10-29-11-9-18)15-34(27)24-13-23(31-32-26(24)30-17-27)21-6-3-7-22(28)25(21)35/h3,6-7,13,18-20,29,35H,2,4-5,8-12,14-17H2,1H3,(H,30,32)/t19-,20?,27-/m1/s1. The number of rotatable bonds is 6. The number of fused-ring (bicyclic) bond motifs is 3. The van der Waals surface area contributed by atoms with E-state index in [1.165, 1.54) is 18.9 Å². The maximum atomic E-state index is 14.1. The van der Waals surface area contributed by atoms with Crippen LogP contribution in [0.25, 0.3) is 11.3 Å². The Labute approximate surface area is 212 Å². The molecular weight excluding hydrogens is 459 g/mol. The number of phenolic OH excluding ortho intramolecular Hbond substituents is 1. The Bertz CT molecular complexity index is 1090. The van der Waals surface area contributed by atoms with Crippen molar-refractivity contribution in [1.29, 1.82) is 0 Å². The van der Waals surface area contributed by atoms with Gasteiger partial charge in [-0.1, -0.05) is 13.0 Å². The molecule has 3 N–H and O–H groups in total. The molecule has 9 heteroatoms. The van der Waals surface area contributed by atoms with E-state index in [0.717, 1.165) is 76.5 Å². The first-order valence-corrected chi connectivity index (χ1v) is 13.5. The van der Waals surface area contributed by atoms with E-state index in [1.54, 1.807) is 12.1 Å². The van der Waals surface area contributed by atoms with Crippen LogP contribution in [0.1, 0.15) is 45.4 Å². The SMILES string of the molecule is CC[C@@]12CNc3nnc(-c4cccc(F)c4O)cc3N1C[C@H](N(CC1CCCO1)C1CCNCC1)C2. The van der Waals surface area contributed by atoms with E-state index in [0.29, 0.717) is 29.4 Å². The molecule has 8 nitrogen and oxygen atoms in total. The van der Waals surface area contributed by atoms with Gasteiger partial charge in [-0.2, -0.15) is 0 Å². The van der Waals surface area contributed by atoms with Gasteiger partial charge in [-0.15, -0.1) is 10.2 Å². The topological polar surface area (TPSA) is 85.8 Å². The summed E-state index contributed by atoms with van der Waals surface area (Å²) < 4.78 is 20.2. The number of halogens is 1. The number of hydrogen-bond acceptors (Lipinski definition) is 8. The molecule has 194 valence electrons. The lowest BCUT2D eigenvalue weighted by Crippen LogP contribution is -2.52. The van der Waals surface area contributed by atoms with E-state index in [9.17, 15) is 9.50 Å². The van der Waals surface area contributed by atoms with E-state index >= 15 is 0 Å². The van der Waals surface area contributed by atoms with Crippen LogP contribution < -0.4 is 15.5 Å². The van der Waals surface area contributed by atoms with Crippen molar-refractivity contribution in [3.05, 3.63) is 30.1 Å². The van der Waals surface area contributed by atoms with Crippen LogP contribution in [0, 0.1) is 5.82 Å². The number of hydrogen-bond donors (Lipinski definition) is 3. The molecule has 3 saturated heterocycles. The minimum atomic E-state index is -0.652. The Morgan fingerprint density at radius 3 is 2.86 bits per heavy atom. The number of aromatic nitrogens is 2. The third kappa shape index (κ3) is 4.21. The van der Waals surface area contributed by atoms with Gasteiger partial charge in [0, 0.05) is 43.9 Å². The first-order chi connectivity index (χ1) is 17.6. The minimum absolute atomic E-state index is 0.0242. The van der Waals surface area contributed by atoms with E-state index in [-0.39, 0.29) is 11.3 Å². The van der Waals surface area contributed by atoms with E-state index in [1.807, 2.05) is 6.07 Å². The molecule has 1 unspecified atom stereocenters. The smallest absolute Gasteiger partial charge is 0.172 e. The highest BCUT2D eigenvalue weighted by Crippen LogP contribution is 2.46. The van der Waals surface area contributed by atoms with Gasteiger partial charge < -0.3 is 25.4 Å². The first-order valence-electron chi connectivity index (χ1n) is 13.5. The number of nitrogens with zero attached hydrogens (tertiary/aromatic N) is 4.